The normalized spacial score (nSPS) is 39.1. The van der Waals surface area contributed by atoms with Crippen molar-refractivity contribution in [1.82, 2.24) is 0 Å². The maximum absolute atomic E-state index is 13.2. The molecule has 0 aromatic rings. The third-order valence-corrected chi connectivity index (χ3v) is 9.90. The molecule has 3 rings (SSSR count). The van der Waals surface area contributed by atoms with Crippen LogP contribution in [0.15, 0.2) is 22.6 Å². The smallest absolute Gasteiger partial charge is 0.304 e. The molecule has 274 valence electrons. The van der Waals surface area contributed by atoms with Crippen molar-refractivity contribution in [2.24, 2.45) is 39.8 Å². The molecule has 0 aromatic heterocycles. The average molecular weight is 695 g/mol. The van der Waals surface area contributed by atoms with Crippen molar-refractivity contribution in [1.29, 1.82) is 0 Å². The Bertz CT molecular complexity index is 1260. The van der Waals surface area contributed by atoms with Crippen LogP contribution in [0, 0.1) is 29.6 Å². The van der Waals surface area contributed by atoms with Crippen LogP contribution in [0.25, 0.3) is 20.9 Å². The summed E-state index contributed by atoms with van der Waals surface area (Å²) in [5, 5.41) is 7.88. The summed E-state index contributed by atoms with van der Waals surface area (Å²) in [5.41, 5.74) is 18.7. The van der Waals surface area contributed by atoms with Crippen LogP contribution in [0.3, 0.4) is 0 Å². The van der Waals surface area contributed by atoms with E-state index in [1.165, 1.54) is 13.8 Å². The fourth-order valence-electron chi connectivity index (χ4n) is 6.90. The Labute approximate surface area is 286 Å². The monoisotopic (exact) mass is 694 g/mol. The Balaban J connectivity index is 1.98. The SMILES string of the molecule is C=C(COCC1[C@H](O[C@@H]2C(CC)O[C@@H](OC(C)=O)C(N=[N+]=[N-])[C@H]2C)O[C@@H](C(C)=O)[C@@H](O[C@H]2O[C@@H](CC)[C@@H](C)[C@H](C)C2N=[N+]=[N-])[C@@H]1C)OC=O. The molecule has 17 heteroatoms. The molecular formula is C32H50N6O11. The second-order valence-corrected chi connectivity index (χ2v) is 13.0. The molecule has 3 heterocycles. The number of hydrogen-bond acceptors (Lipinski definition) is 13. The highest BCUT2D eigenvalue weighted by molar-refractivity contribution is 5.81. The van der Waals surface area contributed by atoms with Gasteiger partial charge in [0.05, 0.1) is 37.1 Å². The van der Waals surface area contributed by atoms with Gasteiger partial charge in [0.15, 0.2) is 18.4 Å². The van der Waals surface area contributed by atoms with Gasteiger partial charge in [-0.25, -0.2) is 0 Å². The maximum Gasteiger partial charge on any atom is 0.304 e. The van der Waals surface area contributed by atoms with E-state index in [4.69, 9.17) is 37.9 Å². The van der Waals surface area contributed by atoms with Crippen LogP contribution in [-0.4, -0.2) is 92.9 Å². The molecule has 4 unspecified atom stereocenters. The van der Waals surface area contributed by atoms with Crippen molar-refractivity contribution in [3.05, 3.63) is 33.2 Å². The Morgan fingerprint density at radius 3 is 1.96 bits per heavy atom. The number of esters is 1. The van der Waals surface area contributed by atoms with E-state index in [-0.39, 0.29) is 49.2 Å². The summed E-state index contributed by atoms with van der Waals surface area (Å²) in [6.45, 7) is 18.0. The number of ketones is 1. The van der Waals surface area contributed by atoms with Gasteiger partial charge in [0, 0.05) is 22.7 Å². The lowest BCUT2D eigenvalue weighted by molar-refractivity contribution is -0.338. The number of azide groups is 2. The molecule has 3 saturated heterocycles. The predicted octanol–water partition coefficient (Wildman–Crippen LogP) is 5.13. The second-order valence-electron chi connectivity index (χ2n) is 13.0. The standard InChI is InChI=1S/C32H50N6O11/c1-10-23-16(4)17(5)25(35-37-33)32(45-23)48-28-18(6)22(13-42-12-15(3)43-14-39)30(49-29(28)20(8)40)47-27-19(7)26(36-38-34)31(44-21(9)41)46-24(27)11-2/h14,16-19,22-32H,3,10-13H2,1-2,4-9H3/t16-,17-,18+,19+,22?,23-,24?,25?,26?,27-,28-,29-,30+,31+,32+/m0/s1. The second kappa shape index (κ2) is 18.6. The third kappa shape index (κ3) is 9.71. The Morgan fingerprint density at radius 2 is 1.41 bits per heavy atom. The summed E-state index contributed by atoms with van der Waals surface area (Å²) in [7, 11) is 0. The van der Waals surface area contributed by atoms with E-state index in [1.54, 1.807) is 6.92 Å². The Kier molecular flexibility index (Phi) is 15.3. The van der Waals surface area contributed by atoms with Crippen LogP contribution >= 0.6 is 0 Å². The van der Waals surface area contributed by atoms with Gasteiger partial charge in [0.2, 0.25) is 6.29 Å². The number of hydrogen-bond donors (Lipinski definition) is 0. The van der Waals surface area contributed by atoms with E-state index in [0.29, 0.717) is 12.8 Å². The molecule has 0 amide bonds. The summed E-state index contributed by atoms with van der Waals surface area (Å²) >= 11 is 0. The largest absolute Gasteiger partial charge is 0.435 e. The number of Topliss-reactive ketones (excluding diaryl/α,β-unsaturated/α-hetero) is 1. The van der Waals surface area contributed by atoms with Gasteiger partial charge in [-0.3, -0.25) is 14.4 Å². The summed E-state index contributed by atoms with van der Waals surface area (Å²) in [6, 6.07) is -1.58. The van der Waals surface area contributed by atoms with Gasteiger partial charge >= 0.3 is 5.97 Å². The number of ether oxygens (including phenoxy) is 8. The molecule has 0 saturated carbocycles. The first-order valence-electron chi connectivity index (χ1n) is 16.7. The van der Waals surface area contributed by atoms with Crippen LogP contribution in [0.4, 0.5) is 0 Å². The van der Waals surface area contributed by atoms with E-state index in [2.05, 4.69) is 26.6 Å². The molecule has 0 bridgehead atoms. The fraction of sp³-hybridized carbons (Fsp3) is 0.844. The van der Waals surface area contributed by atoms with E-state index >= 15 is 0 Å². The molecule has 3 aliphatic heterocycles. The summed E-state index contributed by atoms with van der Waals surface area (Å²) in [6.07, 6.45) is -5.48. The van der Waals surface area contributed by atoms with Gasteiger partial charge in [0.25, 0.3) is 6.47 Å². The molecule has 0 N–H and O–H groups in total. The van der Waals surface area contributed by atoms with Crippen LogP contribution in [0.5, 0.6) is 0 Å². The van der Waals surface area contributed by atoms with Gasteiger partial charge in [-0.2, -0.15) is 0 Å². The van der Waals surface area contributed by atoms with Crippen molar-refractivity contribution < 1.29 is 52.3 Å². The summed E-state index contributed by atoms with van der Waals surface area (Å²) < 4.78 is 48.1. The fourth-order valence-corrected chi connectivity index (χ4v) is 6.90. The number of nitrogens with zero attached hydrogens (tertiary/aromatic N) is 6. The summed E-state index contributed by atoms with van der Waals surface area (Å²) in [5.74, 6) is -2.40. The minimum atomic E-state index is -1.12. The molecule has 0 aromatic carbocycles. The summed E-state index contributed by atoms with van der Waals surface area (Å²) in [4.78, 5) is 41.8. The molecule has 0 radical (unpaired) electrons. The highest BCUT2D eigenvalue weighted by Crippen LogP contribution is 2.42. The van der Waals surface area contributed by atoms with Crippen molar-refractivity contribution >= 4 is 18.2 Å². The molecule has 49 heavy (non-hydrogen) atoms. The topological polar surface area (TPSA) is 223 Å². The first kappa shape index (κ1) is 40.2. The lowest BCUT2D eigenvalue weighted by atomic mass is 9.80. The number of carbonyl (C=O) groups is 3. The maximum atomic E-state index is 13.2. The third-order valence-electron chi connectivity index (χ3n) is 9.90. The van der Waals surface area contributed by atoms with Crippen LogP contribution in [0.2, 0.25) is 0 Å². The Hall–Kier alpha value is -3.27. The van der Waals surface area contributed by atoms with Crippen LogP contribution in [0.1, 0.15) is 68.2 Å². The predicted molar refractivity (Wildman–Crippen MR) is 172 cm³/mol. The zero-order valence-corrected chi connectivity index (χ0v) is 29.4. The number of carbonyl (C=O) groups excluding carboxylic acids is 3. The van der Waals surface area contributed by atoms with Crippen molar-refractivity contribution in [2.75, 3.05) is 13.2 Å². The lowest BCUT2D eigenvalue weighted by Gasteiger charge is -2.50. The molecule has 0 spiro atoms. The van der Waals surface area contributed by atoms with Gasteiger partial charge in [-0.1, -0.05) is 58.3 Å². The van der Waals surface area contributed by atoms with Gasteiger partial charge in [-0.05, 0) is 54.5 Å². The molecular weight excluding hydrogens is 644 g/mol. The van der Waals surface area contributed by atoms with Gasteiger partial charge in [-0.15, -0.1) is 0 Å². The van der Waals surface area contributed by atoms with Crippen LogP contribution < -0.4 is 0 Å². The highest BCUT2D eigenvalue weighted by atomic mass is 16.7. The minimum absolute atomic E-state index is 0.00246. The molecule has 17 nitrogen and oxygen atoms in total. The van der Waals surface area contributed by atoms with Crippen molar-refractivity contribution in [3.8, 4) is 0 Å². The molecule has 3 aliphatic rings. The van der Waals surface area contributed by atoms with Gasteiger partial charge in [0.1, 0.15) is 24.5 Å². The van der Waals surface area contributed by atoms with E-state index in [9.17, 15) is 25.4 Å². The minimum Gasteiger partial charge on any atom is -0.435 e. The zero-order chi connectivity index (χ0) is 36.4. The van der Waals surface area contributed by atoms with E-state index < -0.39 is 79.1 Å². The van der Waals surface area contributed by atoms with E-state index in [0.717, 1.165) is 0 Å². The zero-order valence-electron chi connectivity index (χ0n) is 29.4. The molecule has 15 atom stereocenters. The highest BCUT2D eigenvalue weighted by Gasteiger charge is 2.53. The van der Waals surface area contributed by atoms with Crippen LogP contribution in [-0.2, 0) is 52.3 Å². The van der Waals surface area contributed by atoms with Crippen molar-refractivity contribution in [2.45, 2.75) is 130 Å². The first-order valence-corrected chi connectivity index (χ1v) is 16.7. The molecule has 0 aliphatic carbocycles. The Morgan fingerprint density at radius 1 is 0.816 bits per heavy atom. The quantitative estimate of drug-likeness (QED) is 0.0514. The number of rotatable bonds is 16. The van der Waals surface area contributed by atoms with Crippen molar-refractivity contribution in [3.63, 3.8) is 0 Å². The van der Waals surface area contributed by atoms with E-state index in [1.807, 2.05) is 34.6 Å². The first-order chi connectivity index (χ1) is 23.3. The van der Waals surface area contributed by atoms with Gasteiger partial charge < -0.3 is 37.9 Å². The average Bonchev–Trinajstić information content (AvgIpc) is 3.05. The molecule has 3 fully saturated rings. The lowest BCUT2D eigenvalue weighted by Crippen LogP contribution is -2.61.